The van der Waals surface area contributed by atoms with Crippen LogP contribution in [0.4, 0.5) is 0 Å². The maximum absolute atomic E-state index is 12.7. The van der Waals surface area contributed by atoms with Crippen LogP contribution < -0.4 is 103 Å². The fourth-order valence-electron chi connectivity index (χ4n) is 2.61. The Bertz CT molecular complexity index is 1060. The molecule has 2 aromatic carbocycles. The largest absolute Gasteiger partial charge is 1.00 e. The van der Waals surface area contributed by atoms with Gasteiger partial charge < -0.3 is 2.85 Å². The van der Waals surface area contributed by atoms with Crippen molar-refractivity contribution in [2.75, 3.05) is 0 Å². The summed E-state index contributed by atoms with van der Waals surface area (Å²) in [5.74, 6) is -1.89. The van der Waals surface area contributed by atoms with E-state index in [4.69, 9.17) is 0 Å². The van der Waals surface area contributed by atoms with E-state index >= 15 is 0 Å². The second-order valence-electron chi connectivity index (χ2n) is 4.97. The summed E-state index contributed by atoms with van der Waals surface area (Å²) in [4.78, 5) is 23.6. The molecule has 0 aliphatic heterocycles. The van der Waals surface area contributed by atoms with Crippen molar-refractivity contribution in [3.05, 3.63) is 58.7 Å². The molecule has 0 saturated carbocycles. The zero-order valence-electron chi connectivity index (χ0n) is 15.6. The molecule has 128 valence electrons. The molecular weight excluding hydrogens is 438 g/mol. The van der Waals surface area contributed by atoms with Crippen LogP contribution in [0, 0.1) is 0 Å². The van der Waals surface area contributed by atoms with E-state index in [1.807, 2.05) is 0 Å². The van der Waals surface area contributed by atoms with E-state index in [-0.39, 0.29) is 117 Å². The van der Waals surface area contributed by atoms with E-state index in [1.165, 1.54) is 24.3 Å². The quantitative estimate of drug-likeness (QED) is 0.294. The monoisotopic (exact) mass is 448 g/mol. The number of hydrogen-bond acceptors (Lipinski definition) is 6. The first-order valence-electron chi connectivity index (χ1n) is 6.34. The van der Waals surface area contributed by atoms with E-state index in [1.54, 1.807) is 0 Å². The Hall–Kier alpha value is 0.873. The van der Waals surface area contributed by atoms with Gasteiger partial charge in [-0.3, -0.25) is 18.7 Å². The molecule has 0 atom stereocenters. The van der Waals surface area contributed by atoms with Gasteiger partial charge in [-0.25, -0.2) is 0 Å². The molecule has 0 bridgehead atoms. The number of hydrogen-bond donors (Lipinski definition) is 2. The minimum absolute atomic E-state index is 0. The Morgan fingerprint density at radius 1 is 0.654 bits per heavy atom. The molecule has 12 heteroatoms. The third kappa shape index (κ3) is 4.38. The van der Waals surface area contributed by atoms with Crippen LogP contribution in [-0.2, 0) is 20.2 Å². The van der Waals surface area contributed by atoms with E-state index in [9.17, 15) is 35.5 Å². The minimum Gasteiger partial charge on any atom is -1.00 e. The summed E-state index contributed by atoms with van der Waals surface area (Å²) < 4.78 is 64.4. The van der Waals surface area contributed by atoms with Gasteiger partial charge in [0.25, 0.3) is 20.2 Å². The Morgan fingerprint density at radius 2 is 1.00 bits per heavy atom. The van der Waals surface area contributed by atoms with E-state index in [0.717, 1.165) is 12.1 Å². The number of benzene rings is 2. The molecule has 0 aromatic heterocycles. The zero-order chi connectivity index (χ0) is 17.9. The van der Waals surface area contributed by atoms with Crippen LogP contribution in [-0.4, -0.2) is 37.5 Å². The average molecular weight is 449 g/mol. The number of fused-ring (bicyclic) bond motifs is 2. The normalized spacial score (nSPS) is 13.2. The molecule has 8 nitrogen and oxygen atoms in total. The first-order valence-corrected chi connectivity index (χ1v) is 9.22. The predicted molar refractivity (Wildman–Crippen MR) is 81.6 cm³/mol. The number of ketones is 2. The molecule has 2 N–H and O–H groups in total. The Labute approximate surface area is 237 Å². The Balaban J connectivity index is 0. The van der Waals surface area contributed by atoms with Crippen LogP contribution >= 0.6 is 0 Å². The number of rotatable bonds is 2. The summed E-state index contributed by atoms with van der Waals surface area (Å²) in [5, 5.41) is 0. The zero-order valence-corrected chi connectivity index (χ0v) is 21.5. The fraction of sp³-hybridized carbons (Fsp3) is 0. The van der Waals surface area contributed by atoms with Gasteiger partial charge in [-0.2, -0.15) is 16.8 Å². The predicted octanol–water partition coefficient (Wildman–Crippen LogP) is -4.81. The molecular formula is C14H10K2O8S2. The molecule has 1 aliphatic carbocycles. The molecule has 0 radical (unpaired) electrons. The van der Waals surface area contributed by atoms with Gasteiger partial charge in [0, 0.05) is 11.1 Å². The van der Waals surface area contributed by atoms with Gasteiger partial charge >= 0.3 is 103 Å². The van der Waals surface area contributed by atoms with Crippen molar-refractivity contribution in [2.24, 2.45) is 0 Å². The van der Waals surface area contributed by atoms with Crippen LogP contribution in [0.3, 0.4) is 0 Å². The van der Waals surface area contributed by atoms with Gasteiger partial charge in [-0.15, -0.1) is 0 Å². The smallest absolute Gasteiger partial charge is 1.00 e. The second kappa shape index (κ2) is 8.71. The van der Waals surface area contributed by atoms with Crippen molar-refractivity contribution in [3.63, 3.8) is 0 Å². The summed E-state index contributed by atoms with van der Waals surface area (Å²) in [6, 6.07) is 6.55. The summed E-state index contributed by atoms with van der Waals surface area (Å²) >= 11 is 0. The van der Waals surface area contributed by atoms with Gasteiger partial charge in [0.05, 0.1) is 11.1 Å². The molecule has 0 saturated heterocycles. The van der Waals surface area contributed by atoms with Gasteiger partial charge in [0.2, 0.25) is 0 Å². The van der Waals surface area contributed by atoms with Gasteiger partial charge in [-0.05, 0) is 12.1 Å². The molecule has 2 aromatic rings. The van der Waals surface area contributed by atoms with Crippen LogP contribution in [0.15, 0.2) is 46.2 Å². The summed E-state index contributed by atoms with van der Waals surface area (Å²) in [6.45, 7) is 0. The van der Waals surface area contributed by atoms with E-state index in [0.29, 0.717) is 0 Å². The SMILES string of the molecule is O=C1c2cccc(S(=O)(=O)O)c2C(=O)c2c1cccc2S(=O)(=O)O.[H-].[H-].[K+].[K+]. The van der Waals surface area contributed by atoms with E-state index < -0.39 is 52.7 Å². The molecule has 3 rings (SSSR count). The van der Waals surface area contributed by atoms with Crippen molar-refractivity contribution in [2.45, 2.75) is 9.79 Å². The van der Waals surface area contributed by atoms with Gasteiger partial charge in [0.1, 0.15) is 9.79 Å². The van der Waals surface area contributed by atoms with Crippen molar-refractivity contribution in [1.29, 1.82) is 0 Å². The molecule has 26 heavy (non-hydrogen) atoms. The maximum atomic E-state index is 12.7. The van der Waals surface area contributed by atoms with Gasteiger partial charge in [0.15, 0.2) is 11.6 Å². The number of carbonyl (C=O) groups is 2. The minimum atomic E-state index is -4.84. The maximum Gasteiger partial charge on any atom is 1.00 e. The molecule has 1 aliphatic rings. The Morgan fingerprint density at radius 3 is 1.31 bits per heavy atom. The van der Waals surface area contributed by atoms with E-state index in [2.05, 4.69) is 0 Å². The van der Waals surface area contributed by atoms with Crippen molar-refractivity contribution >= 4 is 31.8 Å². The van der Waals surface area contributed by atoms with Crippen molar-refractivity contribution in [1.82, 2.24) is 0 Å². The molecule has 0 unspecified atom stereocenters. The molecule has 0 fully saturated rings. The van der Waals surface area contributed by atoms with Crippen molar-refractivity contribution < 1.29 is 141 Å². The third-order valence-electron chi connectivity index (χ3n) is 3.55. The fourth-order valence-corrected chi connectivity index (χ4v) is 4.03. The van der Waals surface area contributed by atoms with Crippen LogP contribution in [0.1, 0.15) is 34.7 Å². The first-order chi connectivity index (χ1) is 11.0. The standard InChI is InChI=1S/C14H8O8S2.2K.2H/c15-13-7-3-1-5-9(23(17,18)19)11(7)14(16)12-8(13)4-2-6-10(12)24(20,21)22;;;;/h1-6H,(H,17,18,19)(H,20,21,22);;;;/q;2*+1;2*-1. The summed E-state index contributed by atoms with van der Waals surface area (Å²) in [7, 11) is -9.67. The number of carbonyl (C=O) groups excluding carboxylic acids is 2. The average Bonchev–Trinajstić information content (AvgIpc) is 2.49. The Kier molecular flexibility index (Phi) is 8.34. The first kappa shape index (κ1) is 24.9. The topological polar surface area (TPSA) is 143 Å². The van der Waals surface area contributed by atoms with Crippen LogP contribution in [0.5, 0.6) is 0 Å². The summed E-state index contributed by atoms with van der Waals surface area (Å²) in [6.07, 6.45) is 0. The molecule has 0 spiro atoms. The van der Waals surface area contributed by atoms with Crippen molar-refractivity contribution in [3.8, 4) is 0 Å². The third-order valence-corrected chi connectivity index (χ3v) is 5.34. The van der Waals surface area contributed by atoms with Crippen LogP contribution in [0.2, 0.25) is 0 Å². The molecule has 0 amide bonds. The second-order valence-corrected chi connectivity index (χ2v) is 7.75. The molecule has 0 heterocycles. The van der Waals surface area contributed by atoms with Crippen LogP contribution in [0.25, 0.3) is 0 Å². The summed E-state index contributed by atoms with van der Waals surface area (Å²) in [5.41, 5.74) is -1.83. The van der Waals surface area contributed by atoms with Gasteiger partial charge in [-0.1, -0.05) is 24.3 Å².